The lowest BCUT2D eigenvalue weighted by Crippen LogP contribution is -2.62. The molecule has 6 aliphatic rings. The van der Waals surface area contributed by atoms with Crippen molar-refractivity contribution < 1.29 is 9.53 Å². The molecule has 1 amide bonds. The summed E-state index contributed by atoms with van der Waals surface area (Å²) in [6.45, 7) is 7.58. The molecule has 0 radical (unpaired) electrons. The van der Waals surface area contributed by atoms with Crippen LogP contribution < -0.4 is 0 Å². The summed E-state index contributed by atoms with van der Waals surface area (Å²) in [7, 11) is 4.38. The first-order valence-electron chi connectivity index (χ1n) is 16.0. The van der Waals surface area contributed by atoms with Crippen molar-refractivity contribution in [1.82, 2.24) is 29.8 Å². The Labute approximate surface area is 238 Å². The Morgan fingerprint density at radius 2 is 1.77 bits per heavy atom. The number of aromatic amines is 2. The van der Waals surface area contributed by atoms with Crippen LogP contribution in [0.5, 0.6) is 0 Å². The molecule has 8 heteroatoms. The quantitative estimate of drug-likeness (QED) is 0.491. The van der Waals surface area contributed by atoms with Crippen molar-refractivity contribution in [2.45, 2.75) is 115 Å². The number of aryl methyl sites for hydroxylation is 2. The number of β-lactam (4-membered cyclic amide) rings is 1. The van der Waals surface area contributed by atoms with Gasteiger partial charge in [0.05, 0.1) is 12.1 Å². The standard InChI is InChI=1S/C32H46N6O2/c1-19(2)40-31-32-28(25-17-21-24(33-25)13-10-14-26(21)35(3)4)37(30(32)39)38(31)29(32)27-22(18-36-15-8-5-9-16-36)20-11-6-7-12-23(20)34-27/h17,19,26,28-29,31,33-34H,5-16,18H2,1-4H3. The maximum Gasteiger partial charge on any atom is 0.252 e. The summed E-state index contributed by atoms with van der Waals surface area (Å²) in [6.07, 6.45) is 12.1. The highest BCUT2D eigenvalue weighted by Gasteiger charge is 2.90. The fraction of sp³-hybridized carbons (Fsp3) is 0.719. The lowest BCUT2D eigenvalue weighted by atomic mass is 9.62. The summed E-state index contributed by atoms with van der Waals surface area (Å²) in [4.78, 5) is 26.9. The second-order valence-electron chi connectivity index (χ2n) is 13.9. The van der Waals surface area contributed by atoms with Crippen LogP contribution >= 0.6 is 0 Å². The fourth-order valence-corrected chi connectivity index (χ4v) is 9.26. The number of carbonyl (C=O) groups excluding carboxylic acids is 1. The van der Waals surface area contributed by atoms with Gasteiger partial charge in [0.15, 0.2) is 0 Å². The molecule has 6 atom stereocenters. The van der Waals surface area contributed by atoms with Crippen LogP contribution in [0.15, 0.2) is 6.07 Å². The van der Waals surface area contributed by atoms with Gasteiger partial charge in [-0.2, -0.15) is 5.01 Å². The number of hydrogen-bond donors (Lipinski definition) is 2. The normalized spacial score (nSPS) is 34.7. The lowest BCUT2D eigenvalue weighted by Gasteiger charge is -2.50. The first-order valence-corrected chi connectivity index (χ1v) is 16.0. The molecule has 2 aromatic rings. The Kier molecular flexibility index (Phi) is 5.87. The zero-order valence-corrected chi connectivity index (χ0v) is 24.8. The molecule has 8 nitrogen and oxygen atoms in total. The van der Waals surface area contributed by atoms with E-state index in [-0.39, 0.29) is 30.3 Å². The van der Waals surface area contributed by atoms with Gasteiger partial charge >= 0.3 is 0 Å². The highest BCUT2D eigenvalue weighted by atomic mass is 16.5. The molecule has 4 saturated heterocycles. The van der Waals surface area contributed by atoms with Crippen molar-refractivity contribution in [3.05, 3.63) is 45.5 Å². The van der Waals surface area contributed by atoms with Gasteiger partial charge in [0.25, 0.3) is 5.91 Å². The molecular weight excluding hydrogens is 500 g/mol. The van der Waals surface area contributed by atoms with Crippen molar-refractivity contribution in [1.29, 1.82) is 0 Å². The number of rotatable bonds is 7. The molecule has 6 unspecified atom stereocenters. The lowest BCUT2D eigenvalue weighted by molar-refractivity contribution is -0.212. The van der Waals surface area contributed by atoms with Crippen LogP contribution in [0.4, 0.5) is 0 Å². The fourth-order valence-electron chi connectivity index (χ4n) is 9.26. The summed E-state index contributed by atoms with van der Waals surface area (Å²) in [5.74, 6) is 0.251. The second kappa shape index (κ2) is 9.18. The monoisotopic (exact) mass is 546 g/mol. The smallest absolute Gasteiger partial charge is 0.252 e. The van der Waals surface area contributed by atoms with E-state index in [0.717, 1.165) is 25.8 Å². The zero-order chi connectivity index (χ0) is 27.3. The number of hydrogen-bond acceptors (Lipinski definition) is 5. The van der Waals surface area contributed by atoms with Crippen LogP contribution in [0.3, 0.4) is 0 Å². The maximum absolute atomic E-state index is 14.1. The molecule has 3 bridgehead atoms. The summed E-state index contributed by atoms with van der Waals surface area (Å²) >= 11 is 0. The number of likely N-dealkylation sites (tertiary alicyclic amines) is 1. The Hall–Kier alpha value is -2.13. The van der Waals surface area contributed by atoms with E-state index >= 15 is 0 Å². The topological polar surface area (TPSA) is 70.8 Å². The molecule has 2 aliphatic carbocycles. The molecule has 2 N–H and O–H groups in total. The highest BCUT2D eigenvalue weighted by molar-refractivity contribution is 5.97. The SMILES string of the molecule is CC(C)OC1N2C(c3[nH]c4c(c3CN3CCCCC3)CCCC4)C13C(=O)N2C3c1cc2c([nH]1)CCCC2N(C)C. The number of aromatic nitrogens is 2. The van der Waals surface area contributed by atoms with Crippen LogP contribution in [-0.4, -0.2) is 75.2 Å². The van der Waals surface area contributed by atoms with Gasteiger partial charge in [0.2, 0.25) is 0 Å². The van der Waals surface area contributed by atoms with E-state index in [0.29, 0.717) is 6.04 Å². The van der Waals surface area contributed by atoms with Gasteiger partial charge in [-0.3, -0.25) is 14.7 Å². The third-order valence-electron chi connectivity index (χ3n) is 11.0. The van der Waals surface area contributed by atoms with Crippen molar-refractivity contribution in [3.63, 3.8) is 0 Å². The van der Waals surface area contributed by atoms with Gasteiger partial charge < -0.3 is 19.6 Å². The van der Waals surface area contributed by atoms with E-state index < -0.39 is 5.41 Å². The summed E-state index contributed by atoms with van der Waals surface area (Å²) in [5, 5.41) is 4.37. The van der Waals surface area contributed by atoms with Gasteiger partial charge in [-0.1, -0.05) is 6.42 Å². The minimum absolute atomic E-state index is 0.0188. The Morgan fingerprint density at radius 3 is 2.55 bits per heavy atom. The van der Waals surface area contributed by atoms with Crippen molar-refractivity contribution in [3.8, 4) is 0 Å². The molecule has 1 spiro atoms. The number of H-pyrrole nitrogens is 2. The van der Waals surface area contributed by atoms with Crippen molar-refractivity contribution in [2.24, 2.45) is 5.41 Å². The summed E-state index contributed by atoms with van der Waals surface area (Å²) < 4.78 is 6.56. The van der Waals surface area contributed by atoms with E-state index in [1.54, 1.807) is 5.56 Å². The van der Waals surface area contributed by atoms with Crippen molar-refractivity contribution >= 4 is 5.91 Å². The van der Waals surface area contributed by atoms with Gasteiger partial charge in [-0.25, -0.2) is 0 Å². The third kappa shape index (κ3) is 3.31. The summed E-state index contributed by atoms with van der Waals surface area (Å²) in [5.41, 5.74) is 9.21. The highest BCUT2D eigenvalue weighted by Crippen LogP contribution is 2.78. The van der Waals surface area contributed by atoms with E-state index in [9.17, 15) is 4.79 Å². The van der Waals surface area contributed by atoms with Crippen LogP contribution in [0, 0.1) is 5.41 Å². The van der Waals surface area contributed by atoms with E-state index in [2.05, 4.69) is 63.8 Å². The molecule has 0 aromatic carbocycles. The molecule has 4 aliphatic heterocycles. The van der Waals surface area contributed by atoms with Gasteiger partial charge in [-0.15, -0.1) is 0 Å². The number of carbonyl (C=O) groups is 1. The number of fused-ring (bicyclic) bond motifs is 5. The Morgan fingerprint density at radius 1 is 1.00 bits per heavy atom. The molecule has 40 heavy (non-hydrogen) atoms. The largest absolute Gasteiger partial charge is 0.360 e. The minimum atomic E-state index is -0.560. The van der Waals surface area contributed by atoms with Crippen LogP contribution in [-0.2, 0) is 35.3 Å². The Balaban J connectivity index is 1.21. The molecule has 4 fully saturated rings. The molecular formula is C32H46N6O2. The van der Waals surface area contributed by atoms with Crippen LogP contribution in [0.2, 0.25) is 0 Å². The average molecular weight is 547 g/mol. The molecule has 2 aromatic heterocycles. The number of amides is 1. The van der Waals surface area contributed by atoms with Gasteiger partial charge in [0, 0.05) is 35.4 Å². The number of ether oxygens (including phenoxy) is 1. The van der Waals surface area contributed by atoms with E-state index in [1.165, 1.54) is 91.9 Å². The second-order valence-corrected chi connectivity index (χ2v) is 13.9. The van der Waals surface area contributed by atoms with Gasteiger partial charge in [-0.05, 0) is 122 Å². The number of hydrazine groups is 1. The van der Waals surface area contributed by atoms with E-state index in [1.807, 2.05) is 0 Å². The predicted molar refractivity (Wildman–Crippen MR) is 153 cm³/mol. The van der Waals surface area contributed by atoms with E-state index in [4.69, 9.17) is 4.74 Å². The number of nitrogens with zero attached hydrogens (tertiary/aromatic N) is 4. The molecule has 216 valence electrons. The van der Waals surface area contributed by atoms with Crippen molar-refractivity contribution in [2.75, 3.05) is 27.2 Å². The number of nitrogens with one attached hydrogen (secondary N) is 2. The van der Waals surface area contributed by atoms with Gasteiger partial charge in [0.1, 0.15) is 17.7 Å². The first-order chi connectivity index (χ1) is 19.4. The first kappa shape index (κ1) is 25.6. The molecule has 8 rings (SSSR count). The summed E-state index contributed by atoms with van der Waals surface area (Å²) in [6, 6.07) is 2.88. The Bertz CT molecular complexity index is 1320. The van der Waals surface area contributed by atoms with Crippen LogP contribution in [0.25, 0.3) is 0 Å². The van der Waals surface area contributed by atoms with Crippen LogP contribution in [0.1, 0.15) is 116 Å². The molecule has 0 saturated carbocycles. The predicted octanol–water partition coefficient (Wildman–Crippen LogP) is 4.75. The minimum Gasteiger partial charge on any atom is -0.360 e. The average Bonchev–Trinajstić information content (AvgIpc) is 3.75. The molecule has 6 heterocycles. The number of piperidine rings is 1. The maximum atomic E-state index is 14.1. The zero-order valence-electron chi connectivity index (χ0n) is 24.8. The third-order valence-corrected chi connectivity index (χ3v) is 11.0.